The molecule has 0 spiro atoms. The van der Waals surface area contributed by atoms with E-state index in [2.05, 4.69) is 13.1 Å². The monoisotopic (exact) mass is 218 g/mol. The number of nitrogens with zero attached hydrogens (tertiary/aromatic N) is 1. The summed E-state index contributed by atoms with van der Waals surface area (Å²) in [6.45, 7) is 0. The SMILES string of the molecule is [CH2]n1ccc2c[c-]ccc21.[Y]. The molecule has 1 heterocycles. The molecule has 0 amide bonds. The average molecular weight is 218 g/mol. The van der Waals surface area contributed by atoms with Crippen LogP contribution >= 0.6 is 0 Å². The topological polar surface area (TPSA) is 4.93 Å². The normalized spacial score (nSPS) is 9.55. The molecule has 1 nitrogen and oxygen atoms in total. The first-order chi connectivity index (χ1) is 4.88. The zero-order chi connectivity index (χ0) is 6.97. The summed E-state index contributed by atoms with van der Waals surface area (Å²) in [5, 5.41) is 1.19. The fourth-order valence-corrected chi connectivity index (χ4v) is 1.08. The van der Waals surface area contributed by atoms with Crippen molar-refractivity contribution in [1.29, 1.82) is 0 Å². The van der Waals surface area contributed by atoms with Crippen LogP contribution in [0.1, 0.15) is 0 Å². The number of fused-ring (bicyclic) bond motifs is 1. The van der Waals surface area contributed by atoms with Crippen molar-refractivity contribution in [2.24, 2.45) is 0 Å². The molecule has 0 saturated carbocycles. The van der Waals surface area contributed by atoms with E-state index in [-0.39, 0.29) is 32.7 Å². The van der Waals surface area contributed by atoms with Crippen LogP contribution in [0.25, 0.3) is 10.9 Å². The van der Waals surface area contributed by atoms with Crippen LogP contribution in [0.3, 0.4) is 0 Å². The third-order valence-electron chi connectivity index (χ3n) is 1.62. The van der Waals surface area contributed by atoms with Gasteiger partial charge in [0.25, 0.3) is 0 Å². The number of hydrogen-bond donors (Lipinski definition) is 0. The first-order valence-corrected chi connectivity index (χ1v) is 3.16. The Morgan fingerprint density at radius 1 is 1.36 bits per heavy atom. The van der Waals surface area contributed by atoms with Gasteiger partial charge in [-0.05, 0) is 6.20 Å². The van der Waals surface area contributed by atoms with Crippen molar-refractivity contribution in [2.75, 3.05) is 0 Å². The number of hydrogen-bond acceptors (Lipinski definition) is 0. The quantitative estimate of drug-likeness (QED) is 0.596. The van der Waals surface area contributed by atoms with E-state index in [1.807, 2.05) is 35.0 Å². The zero-order valence-electron chi connectivity index (χ0n) is 6.12. The molecule has 52 valence electrons. The third-order valence-corrected chi connectivity index (χ3v) is 1.62. The smallest absolute Gasteiger partial charge is 0.0381 e. The second kappa shape index (κ2) is 3.51. The van der Waals surface area contributed by atoms with Gasteiger partial charge in [0, 0.05) is 39.8 Å². The summed E-state index contributed by atoms with van der Waals surface area (Å²) >= 11 is 0. The van der Waals surface area contributed by atoms with Crippen LogP contribution in [-0.2, 0) is 32.7 Å². The van der Waals surface area contributed by atoms with Crippen molar-refractivity contribution in [3.63, 3.8) is 0 Å². The van der Waals surface area contributed by atoms with Gasteiger partial charge in [0.1, 0.15) is 0 Å². The molecule has 0 bridgehead atoms. The van der Waals surface area contributed by atoms with Crippen LogP contribution < -0.4 is 0 Å². The average Bonchev–Trinajstić information content (AvgIpc) is 2.34. The molecule has 0 aliphatic heterocycles. The molecule has 0 N–H and O–H groups in total. The van der Waals surface area contributed by atoms with Gasteiger partial charge in [0.15, 0.2) is 0 Å². The van der Waals surface area contributed by atoms with E-state index in [4.69, 9.17) is 0 Å². The molecule has 0 aliphatic rings. The molecule has 2 heteroatoms. The van der Waals surface area contributed by atoms with Gasteiger partial charge >= 0.3 is 0 Å². The third kappa shape index (κ3) is 1.55. The van der Waals surface area contributed by atoms with E-state index >= 15 is 0 Å². The summed E-state index contributed by atoms with van der Waals surface area (Å²) < 4.78 is 1.85. The molecule has 1 aromatic carbocycles. The van der Waals surface area contributed by atoms with Gasteiger partial charge in [-0.1, -0.05) is 11.6 Å². The van der Waals surface area contributed by atoms with E-state index < -0.39 is 0 Å². The van der Waals surface area contributed by atoms with Gasteiger partial charge in [0.2, 0.25) is 0 Å². The van der Waals surface area contributed by atoms with Gasteiger partial charge in [-0.2, -0.15) is 18.2 Å². The molecule has 2 radical (unpaired) electrons. The summed E-state index contributed by atoms with van der Waals surface area (Å²) in [5.74, 6) is 0. The molecular weight excluding hydrogens is 211 g/mol. The molecule has 0 atom stereocenters. The minimum Gasteiger partial charge on any atom is -0.369 e. The van der Waals surface area contributed by atoms with Gasteiger partial charge < -0.3 is 4.57 Å². The maximum Gasteiger partial charge on any atom is 0.0381 e. The maximum atomic E-state index is 3.81. The predicted octanol–water partition coefficient (Wildman–Crippen LogP) is 2.08. The Hall–Kier alpha value is -0.136. The van der Waals surface area contributed by atoms with E-state index in [0.717, 1.165) is 5.52 Å². The minimum atomic E-state index is 0. The largest absolute Gasteiger partial charge is 0.369 e. The fraction of sp³-hybridized carbons (Fsp3) is 0. The second-order valence-electron chi connectivity index (χ2n) is 2.27. The first kappa shape index (κ1) is 8.96. The van der Waals surface area contributed by atoms with Crippen LogP contribution in [0, 0.1) is 13.1 Å². The van der Waals surface area contributed by atoms with Crippen molar-refractivity contribution < 1.29 is 32.7 Å². The van der Waals surface area contributed by atoms with Crippen molar-refractivity contribution in [3.05, 3.63) is 43.6 Å². The molecule has 0 saturated heterocycles. The van der Waals surface area contributed by atoms with Crippen LogP contribution in [-0.4, -0.2) is 4.57 Å². The number of benzene rings is 1. The number of rotatable bonds is 0. The second-order valence-corrected chi connectivity index (χ2v) is 2.27. The van der Waals surface area contributed by atoms with Crippen LogP contribution in [0.15, 0.2) is 30.5 Å². The standard InChI is InChI=1S/C9H7N.Y/c1-10-7-6-8-4-2-3-5-9(8)10;/h3-7H,1H2;/q-1;. The van der Waals surface area contributed by atoms with E-state index in [9.17, 15) is 0 Å². The van der Waals surface area contributed by atoms with Crippen molar-refractivity contribution in [2.45, 2.75) is 0 Å². The molecule has 11 heavy (non-hydrogen) atoms. The maximum absolute atomic E-state index is 3.81. The van der Waals surface area contributed by atoms with Crippen molar-refractivity contribution in [1.82, 2.24) is 4.57 Å². The van der Waals surface area contributed by atoms with Gasteiger partial charge in [-0.3, -0.25) is 0 Å². The first-order valence-electron chi connectivity index (χ1n) is 3.16. The van der Waals surface area contributed by atoms with E-state index in [1.54, 1.807) is 0 Å². The fourth-order valence-electron chi connectivity index (χ4n) is 1.08. The summed E-state index contributed by atoms with van der Waals surface area (Å²) in [6.07, 6.45) is 1.94. The summed E-state index contributed by atoms with van der Waals surface area (Å²) in [5.41, 5.74) is 1.15. The summed E-state index contributed by atoms with van der Waals surface area (Å²) in [6, 6.07) is 10.9. The molecule has 2 aromatic rings. The molecular formula is C9H7NY-. The Morgan fingerprint density at radius 2 is 2.18 bits per heavy atom. The Bertz CT molecular complexity index is 351. The van der Waals surface area contributed by atoms with Crippen molar-refractivity contribution >= 4 is 10.9 Å². The molecule has 2 rings (SSSR count). The summed E-state index contributed by atoms with van der Waals surface area (Å²) in [7, 11) is 3.81. The number of aromatic nitrogens is 1. The van der Waals surface area contributed by atoms with Gasteiger partial charge in [-0.15, -0.1) is 11.5 Å². The Kier molecular flexibility index (Phi) is 2.86. The molecule has 0 aliphatic carbocycles. The Morgan fingerprint density at radius 3 is 2.91 bits per heavy atom. The Labute approximate surface area is 91.3 Å². The van der Waals surface area contributed by atoms with Crippen LogP contribution in [0.5, 0.6) is 0 Å². The van der Waals surface area contributed by atoms with Crippen molar-refractivity contribution in [3.8, 4) is 0 Å². The van der Waals surface area contributed by atoms with Gasteiger partial charge in [-0.25, -0.2) is 0 Å². The Balaban J connectivity index is 0.000000605. The minimum absolute atomic E-state index is 0. The van der Waals surface area contributed by atoms with E-state index in [0.29, 0.717) is 0 Å². The van der Waals surface area contributed by atoms with Crippen LogP contribution in [0.4, 0.5) is 0 Å². The molecule has 0 unspecified atom stereocenters. The molecule has 0 fully saturated rings. The summed E-state index contributed by atoms with van der Waals surface area (Å²) in [4.78, 5) is 0. The predicted molar refractivity (Wildman–Crippen MR) is 41.5 cm³/mol. The molecule has 1 aromatic heterocycles. The van der Waals surface area contributed by atoms with E-state index in [1.165, 1.54) is 5.39 Å². The zero-order valence-corrected chi connectivity index (χ0v) is 8.96. The van der Waals surface area contributed by atoms with Gasteiger partial charge in [0.05, 0.1) is 0 Å². The van der Waals surface area contributed by atoms with Crippen LogP contribution in [0.2, 0.25) is 0 Å².